The number of rotatable bonds is 1. The fraction of sp³-hybridized carbons (Fsp3) is 0.250. The molecule has 0 fully saturated rings. The number of aromatic amines is 1. The van der Waals surface area contributed by atoms with Crippen LogP contribution in [0.15, 0.2) is 29.1 Å². The molecule has 16 heavy (non-hydrogen) atoms. The van der Waals surface area contributed by atoms with Crippen molar-refractivity contribution in [3.05, 3.63) is 45.7 Å². The first-order chi connectivity index (χ1) is 7.08. The van der Waals surface area contributed by atoms with Crippen LogP contribution in [0.3, 0.4) is 0 Å². The van der Waals surface area contributed by atoms with Crippen molar-refractivity contribution in [3.8, 4) is 0 Å². The molecule has 0 saturated heterocycles. The van der Waals surface area contributed by atoms with Crippen molar-refractivity contribution in [2.45, 2.75) is 19.9 Å². The summed E-state index contributed by atoms with van der Waals surface area (Å²) in [7, 11) is 0. The molecule has 2 rings (SSSR count). The Morgan fingerprint density at radius 2 is 2.00 bits per heavy atom. The Hall–Kier alpha value is -1.32. The lowest BCUT2D eigenvalue weighted by Crippen LogP contribution is -2.19. The lowest BCUT2D eigenvalue weighted by atomic mass is 10.1. The van der Waals surface area contributed by atoms with Crippen LogP contribution in [0.4, 0.5) is 0 Å². The van der Waals surface area contributed by atoms with E-state index in [2.05, 4.69) is 4.98 Å². The van der Waals surface area contributed by atoms with Crippen LogP contribution in [0.1, 0.15) is 24.1 Å². The van der Waals surface area contributed by atoms with Crippen LogP contribution >= 0.6 is 12.4 Å². The normalized spacial score (nSPS) is 12.2. The van der Waals surface area contributed by atoms with Gasteiger partial charge in [-0.05, 0) is 37.4 Å². The number of aryl methyl sites for hydroxylation is 1. The lowest BCUT2D eigenvalue weighted by molar-refractivity contribution is 0.804. The number of fused-ring (bicyclic) bond motifs is 1. The zero-order valence-corrected chi connectivity index (χ0v) is 10.1. The molecule has 0 bridgehead atoms. The molecule has 86 valence electrons. The average Bonchev–Trinajstić information content (AvgIpc) is 2.17. The maximum Gasteiger partial charge on any atom is 0.253 e. The highest BCUT2D eigenvalue weighted by molar-refractivity contribution is 5.85. The predicted molar refractivity (Wildman–Crippen MR) is 69.2 cm³/mol. The number of aromatic nitrogens is 1. The maximum atomic E-state index is 11.6. The highest BCUT2D eigenvalue weighted by Gasteiger charge is 2.06. The molecule has 0 aliphatic heterocycles. The Morgan fingerprint density at radius 1 is 1.31 bits per heavy atom. The van der Waals surface area contributed by atoms with Crippen LogP contribution < -0.4 is 11.3 Å². The van der Waals surface area contributed by atoms with Gasteiger partial charge in [0.05, 0.1) is 0 Å². The first kappa shape index (κ1) is 12.7. The smallest absolute Gasteiger partial charge is 0.253 e. The second kappa shape index (κ2) is 4.68. The summed E-state index contributed by atoms with van der Waals surface area (Å²) in [5, 5.41) is 1.03. The van der Waals surface area contributed by atoms with E-state index in [0.29, 0.717) is 5.56 Å². The SMILES string of the molecule is Cc1ccc2[nH]c(=O)c(C(C)N)cc2c1.Cl. The summed E-state index contributed by atoms with van der Waals surface area (Å²) in [6, 6.07) is 7.56. The van der Waals surface area contributed by atoms with E-state index in [1.807, 2.05) is 38.1 Å². The molecular weight excluding hydrogens is 224 g/mol. The van der Waals surface area contributed by atoms with Gasteiger partial charge in [0.25, 0.3) is 5.56 Å². The minimum Gasteiger partial charge on any atom is -0.324 e. The van der Waals surface area contributed by atoms with Gasteiger partial charge < -0.3 is 10.7 Å². The Balaban J connectivity index is 0.00000128. The Kier molecular flexibility index (Phi) is 3.73. The highest BCUT2D eigenvalue weighted by Crippen LogP contribution is 2.15. The van der Waals surface area contributed by atoms with Crippen LogP contribution in [0.25, 0.3) is 10.9 Å². The van der Waals surface area contributed by atoms with Gasteiger partial charge in [-0.15, -0.1) is 12.4 Å². The van der Waals surface area contributed by atoms with Gasteiger partial charge in [-0.1, -0.05) is 11.6 Å². The number of H-pyrrole nitrogens is 1. The molecule has 2 aromatic rings. The number of nitrogens with two attached hydrogens (primary N) is 1. The van der Waals surface area contributed by atoms with Crippen LogP contribution in [-0.4, -0.2) is 4.98 Å². The Morgan fingerprint density at radius 3 is 2.62 bits per heavy atom. The molecule has 0 amide bonds. The van der Waals surface area contributed by atoms with E-state index < -0.39 is 0 Å². The molecule has 0 aliphatic rings. The standard InChI is InChI=1S/C12H14N2O.ClH/c1-7-3-4-11-9(5-7)6-10(8(2)13)12(15)14-11;/h3-6,8H,13H2,1-2H3,(H,14,15);1H. The summed E-state index contributed by atoms with van der Waals surface area (Å²) in [4.78, 5) is 14.5. The number of hydrogen-bond acceptors (Lipinski definition) is 2. The van der Waals surface area contributed by atoms with Crippen molar-refractivity contribution in [3.63, 3.8) is 0 Å². The summed E-state index contributed by atoms with van der Waals surface area (Å²) < 4.78 is 0. The zero-order valence-electron chi connectivity index (χ0n) is 9.28. The first-order valence-corrected chi connectivity index (χ1v) is 4.97. The van der Waals surface area contributed by atoms with E-state index in [0.717, 1.165) is 10.9 Å². The van der Waals surface area contributed by atoms with Crippen LogP contribution in [-0.2, 0) is 0 Å². The minimum atomic E-state index is -0.237. The molecular formula is C12H15ClN2O. The van der Waals surface area contributed by atoms with E-state index >= 15 is 0 Å². The van der Waals surface area contributed by atoms with Gasteiger partial charge in [-0.25, -0.2) is 0 Å². The fourth-order valence-electron chi connectivity index (χ4n) is 1.68. The minimum absolute atomic E-state index is 0. The second-order valence-electron chi connectivity index (χ2n) is 3.93. The van der Waals surface area contributed by atoms with Crippen molar-refractivity contribution in [2.75, 3.05) is 0 Å². The Bertz CT molecular complexity index is 560. The van der Waals surface area contributed by atoms with E-state index in [4.69, 9.17) is 5.73 Å². The van der Waals surface area contributed by atoms with Crippen molar-refractivity contribution < 1.29 is 0 Å². The number of hydrogen-bond donors (Lipinski definition) is 2. The predicted octanol–water partition coefficient (Wildman–Crippen LogP) is 2.28. The molecule has 0 spiro atoms. The van der Waals surface area contributed by atoms with Crippen LogP contribution in [0, 0.1) is 6.92 Å². The van der Waals surface area contributed by atoms with Crippen LogP contribution in [0.2, 0.25) is 0 Å². The van der Waals surface area contributed by atoms with Crippen molar-refractivity contribution in [1.82, 2.24) is 4.98 Å². The van der Waals surface area contributed by atoms with Crippen molar-refractivity contribution in [1.29, 1.82) is 0 Å². The Labute approximate surface area is 100 Å². The maximum absolute atomic E-state index is 11.6. The van der Waals surface area contributed by atoms with E-state index in [-0.39, 0.29) is 24.0 Å². The first-order valence-electron chi connectivity index (χ1n) is 4.97. The molecule has 1 aromatic heterocycles. The van der Waals surface area contributed by atoms with E-state index in [1.54, 1.807) is 0 Å². The van der Waals surface area contributed by atoms with Gasteiger partial charge in [-0.2, -0.15) is 0 Å². The average molecular weight is 239 g/mol. The number of pyridine rings is 1. The molecule has 1 aromatic carbocycles. The number of halogens is 1. The van der Waals surface area contributed by atoms with Gasteiger partial charge in [0.2, 0.25) is 0 Å². The third kappa shape index (κ3) is 2.26. The van der Waals surface area contributed by atoms with Crippen molar-refractivity contribution in [2.24, 2.45) is 5.73 Å². The number of benzene rings is 1. The van der Waals surface area contributed by atoms with Gasteiger partial charge >= 0.3 is 0 Å². The lowest BCUT2D eigenvalue weighted by Gasteiger charge is -2.06. The summed E-state index contributed by atoms with van der Waals surface area (Å²) in [6.07, 6.45) is 0. The molecule has 0 radical (unpaired) electrons. The largest absolute Gasteiger partial charge is 0.324 e. The molecule has 1 heterocycles. The summed E-state index contributed by atoms with van der Waals surface area (Å²) in [6.45, 7) is 3.84. The van der Waals surface area contributed by atoms with Gasteiger partial charge in [0.15, 0.2) is 0 Å². The zero-order chi connectivity index (χ0) is 11.0. The van der Waals surface area contributed by atoms with Gasteiger partial charge in [0.1, 0.15) is 0 Å². The summed E-state index contributed by atoms with van der Waals surface area (Å²) in [5.41, 5.74) is 8.29. The fourth-order valence-corrected chi connectivity index (χ4v) is 1.68. The molecule has 1 atom stereocenters. The quantitative estimate of drug-likeness (QED) is 0.801. The highest BCUT2D eigenvalue weighted by atomic mass is 35.5. The van der Waals surface area contributed by atoms with Gasteiger partial charge in [-0.3, -0.25) is 4.79 Å². The molecule has 4 heteroatoms. The molecule has 0 aliphatic carbocycles. The molecule has 3 nitrogen and oxygen atoms in total. The van der Waals surface area contributed by atoms with Crippen LogP contribution in [0.5, 0.6) is 0 Å². The third-order valence-corrected chi connectivity index (χ3v) is 2.52. The second-order valence-corrected chi connectivity index (χ2v) is 3.93. The summed E-state index contributed by atoms with van der Waals surface area (Å²) >= 11 is 0. The van der Waals surface area contributed by atoms with E-state index in [9.17, 15) is 4.79 Å². The molecule has 3 N–H and O–H groups in total. The summed E-state index contributed by atoms with van der Waals surface area (Å²) in [5.74, 6) is 0. The molecule has 0 saturated carbocycles. The van der Waals surface area contributed by atoms with Crippen molar-refractivity contribution >= 4 is 23.3 Å². The molecule has 1 unspecified atom stereocenters. The van der Waals surface area contributed by atoms with E-state index in [1.165, 1.54) is 5.56 Å². The van der Waals surface area contributed by atoms with Gasteiger partial charge in [0, 0.05) is 17.1 Å². The topological polar surface area (TPSA) is 58.9 Å². The monoisotopic (exact) mass is 238 g/mol. The number of nitrogens with one attached hydrogen (secondary N) is 1. The third-order valence-electron chi connectivity index (χ3n) is 2.52.